The van der Waals surface area contributed by atoms with Gasteiger partial charge in [0.2, 0.25) is 0 Å². The van der Waals surface area contributed by atoms with Crippen molar-refractivity contribution in [3.05, 3.63) is 101 Å². The van der Waals surface area contributed by atoms with E-state index < -0.39 is 11.7 Å². The highest BCUT2D eigenvalue weighted by molar-refractivity contribution is 6.33. The van der Waals surface area contributed by atoms with Crippen molar-refractivity contribution in [1.82, 2.24) is 10.4 Å². The average molecular weight is 404 g/mol. The van der Waals surface area contributed by atoms with E-state index in [1.807, 2.05) is 54.6 Å². The molecule has 1 aromatic heterocycles. The second-order valence-corrected chi connectivity index (χ2v) is 6.68. The molecule has 0 spiro atoms. The molecule has 0 aliphatic heterocycles. The van der Waals surface area contributed by atoms with Crippen molar-refractivity contribution in [3.63, 3.8) is 0 Å². The largest absolute Gasteiger partial charge is 0.272 e. The molecule has 1 amide bonds. The number of carbonyl (C=O) groups excluding carboxylic acids is 1. The second-order valence-electron chi connectivity index (χ2n) is 6.27. The number of carbonyl (C=O) groups is 1. The molecule has 0 unspecified atom stereocenters. The van der Waals surface area contributed by atoms with E-state index in [1.165, 1.54) is 18.3 Å². The Morgan fingerprint density at radius 1 is 1.00 bits per heavy atom. The van der Waals surface area contributed by atoms with Crippen molar-refractivity contribution in [3.8, 4) is 11.3 Å². The standard InChI is InChI=1S/C23H15ClFN3O/c24-19-10-6-11-20(25)18(19)14-26-28-23(29)17-13-22(15-7-2-1-3-8-15)27-21-12-5-4-9-16(17)21/h1-14H,(H,28,29)/b26-14-. The number of hydrogen-bond acceptors (Lipinski definition) is 3. The first-order chi connectivity index (χ1) is 14.1. The number of para-hydroxylation sites is 1. The normalized spacial score (nSPS) is 11.1. The predicted molar refractivity (Wildman–Crippen MR) is 114 cm³/mol. The highest BCUT2D eigenvalue weighted by Gasteiger charge is 2.13. The number of hydrogen-bond donors (Lipinski definition) is 1. The summed E-state index contributed by atoms with van der Waals surface area (Å²) in [4.78, 5) is 17.5. The number of nitrogens with one attached hydrogen (secondary N) is 1. The minimum Gasteiger partial charge on any atom is -0.267 e. The van der Waals surface area contributed by atoms with Crippen molar-refractivity contribution >= 4 is 34.6 Å². The van der Waals surface area contributed by atoms with Gasteiger partial charge in [0.1, 0.15) is 5.82 Å². The van der Waals surface area contributed by atoms with Crippen LogP contribution in [0.25, 0.3) is 22.2 Å². The van der Waals surface area contributed by atoms with Crippen LogP contribution in [0.15, 0.2) is 84.0 Å². The fourth-order valence-corrected chi connectivity index (χ4v) is 3.18. The van der Waals surface area contributed by atoms with Crippen LogP contribution >= 0.6 is 11.6 Å². The van der Waals surface area contributed by atoms with E-state index in [9.17, 15) is 9.18 Å². The summed E-state index contributed by atoms with van der Waals surface area (Å²) in [7, 11) is 0. The Labute approximate surface area is 171 Å². The van der Waals surface area contributed by atoms with Gasteiger partial charge in [-0.05, 0) is 24.3 Å². The van der Waals surface area contributed by atoms with Crippen LogP contribution in [0.4, 0.5) is 4.39 Å². The van der Waals surface area contributed by atoms with Crippen LogP contribution in [-0.2, 0) is 0 Å². The molecular formula is C23H15ClFN3O. The molecule has 0 atom stereocenters. The fraction of sp³-hybridized carbons (Fsp3) is 0. The van der Waals surface area contributed by atoms with Gasteiger partial charge in [0.15, 0.2) is 0 Å². The molecular weight excluding hydrogens is 389 g/mol. The maximum atomic E-state index is 13.9. The van der Waals surface area contributed by atoms with Crippen LogP contribution in [0.2, 0.25) is 5.02 Å². The summed E-state index contributed by atoms with van der Waals surface area (Å²) >= 11 is 5.98. The first kappa shape index (κ1) is 18.8. The van der Waals surface area contributed by atoms with Gasteiger partial charge < -0.3 is 0 Å². The Balaban J connectivity index is 1.69. The first-order valence-electron chi connectivity index (χ1n) is 8.86. The monoisotopic (exact) mass is 403 g/mol. The van der Waals surface area contributed by atoms with Gasteiger partial charge in [0.05, 0.1) is 28.0 Å². The topological polar surface area (TPSA) is 54.4 Å². The van der Waals surface area contributed by atoms with Gasteiger partial charge in [0.25, 0.3) is 5.91 Å². The summed E-state index contributed by atoms with van der Waals surface area (Å²) in [6.45, 7) is 0. The number of amides is 1. The van der Waals surface area contributed by atoms with Crippen LogP contribution in [0.1, 0.15) is 15.9 Å². The van der Waals surface area contributed by atoms with Crippen molar-refractivity contribution in [2.45, 2.75) is 0 Å². The molecule has 0 bridgehead atoms. The number of fused-ring (bicyclic) bond motifs is 1. The van der Waals surface area contributed by atoms with E-state index in [0.717, 1.165) is 5.56 Å². The van der Waals surface area contributed by atoms with Gasteiger partial charge in [0, 0.05) is 16.5 Å². The maximum Gasteiger partial charge on any atom is 0.272 e. The molecule has 0 aliphatic rings. The Morgan fingerprint density at radius 3 is 2.55 bits per heavy atom. The molecule has 6 heteroatoms. The van der Waals surface area contributed by atoms with Gasteiger partial charge in [-0.25, -0.2) is 14.8 Å². The quantitative estimate of drug-likeness (QED) is 0.363. The number of rotatable bonds is 4. The van der Waals surface area contributed by atoms with Crippen molar-refractivity contribution in [2.75, 3.05) is 0 Å². The molecule has 1 heterocycles. The van der Waals surface area contributed by atoms with Crippen LogP contribution in [0.5, 0.6) is 0 Å². The van der Waals surface area contributed by atoms with Crippen LogP contribution in [0, 0.1) is 5.82 Å². The molecule has 0 fully saturated rings. The van der Waals surface area contributed by atoms with Gasteiger partial charge >= 0.3 is 0 Å². The lowest BCUT2D eigenvalue weighted by Crippen LogP contribution is -2.18. The molecule has 142 valence electrons. The lowest BCUT2D eigenvalue weighted by molar-refractivity contribution is 0.0956. The first-order valence-corrected chi connectivity index (χ1v) is 9.24. The maximum absolute atomic E-state index is 13.9. The number of benzene rings is 3. The molecule has 4 nitrogen and oxygen atoms in total. The highest BCUT2D eigenvalue weighted by Crippen LogP contribution is 2.24. The minimum atomic E-state index is -0.517. The number of nitrogens with zero attached hydrogens (tertiary/aromatic N) is 2. The zero-order valence-corrected chi connectivity index (χ0v) is 15.9. The third-order valence-corrected chi connectivity index (χ3v) is 4.72. The van der Waals surface area contributed by atoms with Crippen LogP contribution < -0.4 is 5.43 Å². The summed E-state index contributed by atoms with van der Waals surface area (Å²) in [5.41, 5.74) is 5.25. The molecule has 0 aliphatic carbocycles. The van der Waals surface area contributed by atoms with Crippen LogP contribution in [-0.4, -0.2) is 17.1 Å². The lowest BCUT2D eigenvalue weighted by Gasteiger charge is -2.09. The molecule has 29 heavy (non-hydrogen) atoms. The SMILES string of the molecule is O=C(N/N=C\c1c(F)cccc1Cl)c1cc(-c2ccccc2)nc2ccccc12. The summed E-state index contributed by atoms with van der Waals surface area (Å²) in [6.07, 6.45) is 1.19. The number of halogens is 2. The summed E-state index contributed by atoms with van der Waals surface area (Å²) in [6, 6.07) is 23.0. The third-order valence-electron chi connectivity index (χ3n) is 4.39. The lowest BCUT2D eigenvalue weighted by atomic mass is 10.0. The van der Waals surface area contributed by atoms with Crippen molar-refractivity contribution in [2.24, 2.45) is 5.10 Å². The predicted octanol–water partition coefficient (Wildman–Crippen LogP) is 5.46. The Morgan fingerprint density at radius 2 is 1.76 bits per heavy atom. The summed E-state index contributed by atoms with van der Waals surface area (Å²) < 4.78 is 13.9. The van der Waals surface area contributed by atoms with E-state index in [2.05, 4.69) is 15.5 Å². The van der Waals surface area contributed by atoms with E-state index in [4.69, 9.17) is 11.6 Å². The zero-order chi connectivity index (χ0) is 20.2. The van der Waals surface area contributed by atoms with Gasteiger partial charge in [-0.1, -0.05) is 66.2 Å². The zero-order valence-electron chi connectivity index (χ0n) is 15.1. The van der Waals surface area contributed by atoms with E-state index >= 15 is 0 Å². The molecule has 4 aromatic rings. The van der Waals surface area contributed by atoms with E-state index in [1.54, 1.807) is 12.1 Å². The molecule has 0 saturated heterocycles. The van der Waals surface area contributed by atoms with Gasteiger partial charge in [-0.2, -0.15) is 5.10 Å². The summed E-state index contributed by atoms with van der Waals surface area (Å²) in [5.74, 6) is -0.944. The molecule has 4 rings (SSSR count). The number of aromatic nitrogens is 1. The molecule has 0 radical (unpaired) electrons. The van der Waals surface area contributed by atoms with Crippen molar-refractivity contribution < 1.29 is 9.18 Å². The van der Waals surface area contributed by atoms with E-state index in [0.29, 0.717) is 22.2 Å². The second kappa shape index (κ2) is 8.20. The highest BCUT2D eigenvalue weighted by atomic mass is 35.5. The third kappa shape index (κ3) is 4.00. The van der Waals surface area contributed by atoms with Gasteiger partial charge in [-0.15, -0.1) is 0 Å². The smallest absolute Gasteiger partial charge is 0.267 e. The Bertz CT molecular complexity index is 1210. The van der Waals surface area contributed by atoms with Crippen molar-refractivity contribution in [1.29, 1.82) is 0 Å². The minimum absolute atomic E-state index is 0.110. The number of pyridine rings is 1. The summed E-state index contributed by atoms with van der Waals surface area (Å²) in [5, 5.41) is 4.79. The molecule has 3 aromatic carbocycles. The van der Waals surface area contributed by atoms with Crippen LogP contribution in [0.3, 0.4) is 0 Å². The number of hydrazone groups is 1. The fourth-order valence-electron chi connectivity index (χ4n) is 2.97. The average Bonchev–Trinajstić information content (AvgIpc) is 2.75. The molecule has 0 saturated carbocycles. The Hall–Kier alpha value is -3.57. The van der Waals surface area contributed by atoms with Gasteiger partial charge in [-0.3, -0.25) is 4.79 Å². The Kier molecular flexibility index (Phi) is 5.31. The molecule has 1 N–H and O–H groups in total. The van der Waals surface area contributed by atoms with E-state index in [-0.39, 0.29) is 10.6 Å².